The third-order valence-electron chi connectivity index (χ3n) is 7.86. The second-order valence-electron chi connectivity index (χ2n) is 11.1. The summed E-state index contributed by atoms with van der Waals surface area (Å²) in [6.07, 6.45) is -0.346. The Morgan fingerprint density at radius 2 is 1.31 bits per heavy atom. The van der Waals surface area contributed by atoms with Crippen LogP contribution in [0.4, 0.5) is 11.4 Å². The fourth-order valence-corrected chi connectivity index (χ4v) is 5.75. The number of nitrogens with one attached hydrogen (secondary N) is 2. The van der Waals surface area contributed by atoms with Crippen molar-refractivity contribution < 1.29 is 24.2 Å². The molecule has 5 rings (SSSR count). The van der Waals surface area contributed by atoms with Crippen LogP contribution >= 0.6 is 0 Å². The molecule has 4 aromatic rings. The number of aryl methyl sites for hydroxylation is 2. The molecule has 0 bridgehead atoms. The van der Waals surface area contributed by atoms with Crippen LogP contribution in [0.25, 0.3) is 0 Å². The van der Waals surface area contributed by atoms with E-state index in [0.29, 0.717) is 28.4 Å². The molecule has 0 heterocycles. The molecule has 7 heteroatoms. The lowest BCUT2D eigenvalue weighted by Gasteiger charge is -2.44. The van der Waals surface area contributed by atoms with E-state index in [1.807, 2.05) is 74.5 Å². The number of para-hydroxylation sites is 3. The Kier molecular flexibility index (Phi) is 8.22. The second kappa shape index (κ2) is 12.0. The van der Waals surface area contributed by atoms with E-state index in [2.05, 4.69) is 10.6 Å². The Hall–Kier alpha value is -4.75. The Morgan fingerprint density at radius 3 is 1.93 bits per heavy atom. The average molecular weight is 563 g/mol. The number of aliphatic hydroxyl groups is 1. The van der Waals surface area contributed by atoms with Crippen LogP contribution in [-0.4, -0.2) is 28.3 Å². The van der Waals surface area contributed by atoms with Crippen molar-refractivity contribution in [3.8, 4) is 11.5 Å². The zero-order valence-electron chi connectivity index (χ0n) is 23.8. The first-order valence-electron chi connectivity index (χ1n) is 13.9. The molecule has 0 aliphatic heterocycles. The van der Waals surface area contributed by atoms with Crippen molar-refractivity contribution in [1.29, 1.82) is 0 Å². The van der Waals surface area contributed by atoms with Gasteiger partial charge in [-0.15, -0.1) is 0 Å². The number of rotatable bonds is 7. The number of hydrogen-bond acceptors (Lipinski definition) is 5. The van der Waals surface area contributed by atoms with Gasteiger partial charge in [-0.05, 0) is 73.9 Å². The number of anilines is 2. The largest absolute Gasteiger partial charge is 0.457 e. The summed E-state index contributed by atoms with van der Waals surface area (Å²) in [4.78, 5) is 41.6. The van der Waals surface area contributed by atoms with E-state index in [1.54, 1.807) is 42.5 Å². The fraction of sp³-hybridized carbons (Fsp3) is 0.229. The van der Waals surface area contributed by atoms with Gasteiger partial charge in [0.25, 0.3) is 0 Å². The zero-order valence-corrected chi connectivity index (χ0v) is 23.8. The van der Waals surface area contributed by atoms with Crippen molar-refractivity contribution in [2.45, 2.75) is 38.7 Å². The summed E-state index contributed by atoms with van der Waals surface area (Å²) >= 11 is 0. The first kappa shape index (κ1) is 28.8. The molecule has 0 spiro atoms. The lowest BCUT2D eigenvalue weighted by Crippen LogP contribution is -2.56. The third kappa shape index (κ3) is 6.11. The van der Waals surface area contributed by atoms with E-state index < -0.39 is 41.0 Å². The number of hydrogen-bond donors (Lipinski definition) is 3. The highest BCUT2D eigenvalue weighted by Gasteiger charge is 2.56. The molecule has 1 saturated carbocycles. The molecule has 7 nitrogen and oxygen atoms in total. The maximum Gasteiger partial charge on any atom is 0.235 e. The van der Waals surface area contributed by atoms with Crippen LogP contribution in [0.1, 0.15) is 36.0 Å². The van der Waals surface area contributed by atoms with Crippen molar-refractivity contribution >= 4 is 29.0 Å². The maximum atomic E-state index is 14.0. The highest BCUT2D eigenvalue weighted by molar-refractivity contribution is 6.10. The predicted molar refractivity (Wildman–Crippen MR) is 163 cm³/mol. The monoisotopic (exact) mass is 562 g/mol. The minimum Gasteiger partial charge on any atom is -0.457 e. The molecule has 2 amide bonds. The number of carbonyl (C=O) groups is 3. The predicted octanol–water partition coefficient (Wildman–Crippen LogP) is 6.41. The van der Waals surface area contributed by atoms with E-state index >= 15 is 0 Å². The minimum absolute atomic E-state index is 0.346. The van der Waals surface area contributed by atoms with Gasteiger partial charge in [0.1, 0.15) is 23.2 Å². The van der Waals surface area contributed by atoms with Gasteiger partial charge in [-0.2, -0.15) is 0 Å². The zero-order chi connectivity index (χ0) is 29.9. The van der Waals surface area contributed by atoms with Gasteiger partial charge in [-0.25, -0.2) is 0 Å². The van der Waals surface area contributed by atoms with Gasteiger partial charge in [0.2, 0.25) is 11.8 Å². The summed E-state index contributed by atoms with van der Waals surface area (Å²) in [5.74, 6) is -3.69. The smallest absolute Gasteiger partial charge is 0.235 e. The summed E-state index contributed by atoms with van der Waals surface area (Å²) in [6, 6.07) is 30.9. The van der Waals surface area contributed by atoms with Crippen molar-refractivity contribution in [2.24, 2.45) is 11.8 Å². The number of ketones is 1. The molecule has 0 saturated heterocycles. The average Bonchev–Trinajstić information content (AvgIpc) is 2.95. The number of Topliss-reactive ketones (excluding diaryl/α,β-unsaturated/α-hetero) is 1. The van der Waals surface area contributed by atoms with Gasteiger partial charge in [-0.3, -0.25) is 14.4 Å². The maximum absolute atomic E-state index is 14.0. The molecule has 4 atom stereocenters. The number of amides is 2. The molecule has 3 N–H and O–H groups in total. The summed E-state index contributed by atoms with van der Waals surface area (Å²) in [7, 11) is 0. The molecule has 4 unspecified atom stereocenters. The first-order valence-corrected chi connectivity index (χ1v) is 13.9. The third-order valence-corrected chi connectivity index (χ3v) is 7.86. The molecular formula is C35H34N2O5. The molecule has 42 heavy (non-hydrogen) atoms. The summed E-state index contributed by atoms with van der Waals surface area (Å²) in [5, 5.41) is 17.5. The van der Waals surface area contributed by atoms with Gasteiger partial charge in [0.15, 0.2) is 0 Å². The van der Waals surface area contributed by atoms with Crippen LogP contribution in [0, 0.1) is 25.7 Å². The highest BCUT2D eigenvalue weighted by Crippen LogP contribution is 2.47. The number of ether oxygens (including phenoxy) is 1. The van der Waals surface area contributed by atoms with Gasteiger partial charge in [0.05, 0.1) is 11.5 Å². The molecule has 4 aromatic carbocycles. The minimum atomic E-state index is -1.72. The molecule has 1 aliphatic rings. The van der Waals surface area contributed by atoms with Crippen LogP contribution in [0.5, 0.6) is 11.5 Å². The lowest BCUT2D eigenvalue weighted by molar-refractivity contribution is -0.150. The molecule has 214 valence electrons. The Morgan fingerprint density at radius 1 is 0.762 bits per heavy atom. The topological polar surface area (TPSA) is 105 Å². The standard InChI is InChI=1S/C35H34N2O5/c1-22-12-7-9-18-27(22)36-33(39)31-29(38)21-35(3,41)32(34(40)37-28-19-10-8-13-23(28)2)30(31)24-14-11-17-26(20-24)42-25-15-5-4-6-16-25/h4-20,30-32,41H,21H2,1-3H3,(H,36,39)(H,37,40). The van der Waals surface area contributed by atoms with Crippen LogP contribution < -0.4 is 15.4 Å². The fourth-order valence-electron chi connectivity index (χ4n) is 5.75. The van der Waals surface area contributed by atoms with E-state index in [1.165, 1.54) is 6.92 Å². The van der Waals surface area contributed by atoms with Crippen LogP contribution in [0.3, 0.4) is 0 Å². The molecule has 1 aliphatic carbocycles. The van der Waals surface area contributed by atoms with E-state index in [-0.39, 0.29) is 6.42 Å². The molecular weight excluding hydrogens is 528 g/mol. The van der Waals surface area contributed by atoms with Gasteiger partial charge >= 0.3 is 0 Å². The van der Waals surface area contributed by atoms with Crippen molar-refractivity contribution in [3.63, 3.8) is 0 Å². The quantitative estimate of drug-likeness (QED) is 0.226. The first-order chi connectivity index (χ1) is 20.1. The van der Waals surface area contributed by atoms with E-state index in [0.717, 1.165) is 11.1 Å². The number of benzene rings is 4. The SMILES string of the molecule is Cc1ccccc1NC(=O)C1C(=O)CC(C)(O)C(C(=O)Nc2ccccc2C)C1c1cccc(Oc2ccccc2)c1. The van der Waals surface area contributed by atoms with E-state index in [9.17, 15) is 19.5 Å². The van der Waals surface area contributed by atoms with Crippen LogP contribution in [0.15, 0.2) is 103 Å². The Bertz CT molecular complexity index is 1610. The Balaban J connectivity index is 1.59. The molecule has 0 radical (unpaired) electrons. The summed E-state index contributed by atoms with van der Waals surface area (Å²) in [6.45, 7) is 5.22. The lowest BCUT2D eigenvalue weighted by atomic mass is 9.61. The summed E-state index contributed by atoms with van der Waals surface area (Å²) in [5.41, 5.74) is 1.67. The van der Waals surface area contributed by atoms with Crippen molar-refractivity contribution in [3.05, 3.63) is 120 Å². The summed E-state index contributed by atoms with van der Waals surface area (Å²) < 4.78 is 6.05. The van der Waals surface area contributed by atoms with Crippen molar-refractivity contribution in [2.75, 3.05) is 10.6 Å². The second-order valence-corrected chi connectivity index (χ2v) is 11.1. The van der Waals surface area contributed by atoms with Crippen molar-refractivity contribution in [1.82, 2.24) is 0 Å². The molecule has 1 fully saturated rings. The van der Waals surface area contributed by atoms with Crippen LogP contribution in [0.2, 0.25) is 0 Å². The van der Waals surface area contributed by atoms with Crippen LogP contribution in [-0.2, 0) is 14.4 Å². The van der Waals surface area contributed by atoms with E-state index in [4.69, 9.17) is 4.74 Å². The normalized spacial score (nSPS) is 21.8. The Labute approximate surface area is 245 Å². The van der Waals surface area contributed by atoms with Gasteiger partial charge in [0, 0.05) is 23.7 Å². The van der Waals surface area contributed by atoms with Gasteiger partial charge < -0.3 is 20.5 Å². The molecule has 0 aromatic heterocycles. The highest BCUT2D eigenvalue weighted by atomic mass is 16.5. The number of carbonyl (C=O) groups excluding carboxylic acids is 3. The van der Waals surface area contributed by atoms with Gasteiger partial charge in [-0.1, -0.05) is 66.7 Å².